The van der Waals surface area contributed by atoms with Gasteiger partial charge in [-0.25, -0.2) is 9.48 Å². The lowest BCUT2D eigenvalue weighted by Crippen LogP contribution is -2.40. The number of piperidine rings is 1. The summed E-state index contributed by atoms with van der Waals surface area (Å²) < 4.78 is 8.01. The van der Waals surface area contributed by atoms with Gasteiger partial charge in [-0.3, -0.25) is 14.2 Å². The number of hydrogen-bond donors (Lipinski definition) is 1. The summed E-state index contributed by atoms with van der Waals surface area (Å²) >= 11 is 0. The van der Waals surface area contributed by atoms with Gasteiger partial charge in [-0.15, -0.1) is 0 Å². The van der Waals surface area contributed by atoms with Crippen molar-refractivity contribution in [3.05, 3.63) is 38.5 Å². The van der Waals surface area contributed by atoms with E-state index in [-0.39, 0.29) is 29.5 Å². The summed E-state index contributed by atoms with van der Waals surface area (Å²) in [7, 11) is 1.65. The molecule has 1 aliphatic rings. The maximum absolute atomic E-state index is 12.5. The molecule has 0 saturated carbocycles. The molecule has 3 heterocycles. The van der Waals surface area contributed by atoms with Crippen LogP contribution in [0.1, 0.15) is 43.7 Å². The van der Waals surface area contributed by atoms with Crippen LogP contribution in [0.25, 0.3) is 0 Å². The van der Waals surface area contributed by atoms with Crippen LogP contribution in [0.2, 0.25) is 0 Å². The van der Waals surface area contributed by atoms with Crippen molar-refractivity contribution in [2.75, 3.05) is 13.1 Å². The molecule has 2 aromatic rings. The topological polar surface area (TPSA) is 106 Å². The van der Waals surface area contributed by atoms with E-state index in [0.29, 0.717) is 31.8 Å². The molecule has 1 atom stereocenters. The maximum atomic E-state index is 12.5. The highest BCUT2D eigenvalue weighted by Gasteiger charge is 2.28. The van der Waals surface area contributed by atoms with E-state index in [1.807, 2.05) is 11.8 Å². The van der Waals surface area contributed by atoms with Crippen LogP contribution < -0.4 is 11.2 Å². The number of aromatic nitrogens is 4. The molecule has 0 bridgehead atoms. The van der Waals surface area contributed by atoms with Gasteiger partial charge in [0.1, 0.15) is 11.6 Å². The summed E-state index contributed by atoms with van der Waals surface area (Å²) in [4.78, 5) is 37.4. The van der Waals surface area contributed by atoms with Crippen molar-refractivity contribution in [1.29, 1.82) is 0 Å². The van der Waals surface area contributed by atoms with Gasteiger partial charge in [0.2, 0.25) is 5.91 Å². The number of hydrogen-bond acceptors (Lipinski definition) is 5. The number of aromatic amines is 1. The molecular formula is C16H23N5O4. The summed E-state index contributed by atoms with van der Waals surface area (Å²) in [5.41, 5.74) is -0.420. The Kier molecular flexibility index (Phi) is 4.91. The first-order chi connectivity index (χ1) is 12.0. The molecule has 1 amide bonds. The first kappa shape index (κ1) is 17.2. The number of rotatable bonds is 5. The van der Waals surface area contributed by atoms with Gasteiger partial charge >= 0.3 is 5.69 Å². The molecule has 9 nitrogen and oxygen atoms in total. The van der Waals surface area contributed by atoms with E-state index < -0.39 is 0 Å². The zero-order valence-electron chi connectivity index (χ0n) is 14.5. The molecule has 1 N–H and O–H groups in total. The summed E-state index contributed by atoms with van der Waals surface area (Å²) in [6, 6.07) is 1.36. The fourth-order valence-corrected chi connectivity index (χ4v) is 3.37. The fourth-order valence-electron chi connectivity index (χ4n) is 3.37. The first-order valence-electron chi connectivity index (χ1n) is 8.58. The number of H-pyrrole nitrogens is 1. The Bertz CT molecular complexity index is 858. The average Bonchev–Trinajstić information content (AvgIpc) is 3.16. The van der Waals surface area contributed by atoms with Crippen molar-refractivity contribution in [3.63, 3.8) is 0 Å². The van der Waals surface area contributed by atoms with E-state index in [1.54, 1.807) is 11.6 Å². The predicted molar refractivity (Wildman–Crippen MR) is 89.3 cm³/mol. The minimum absolute atomic E-state index is 0.0230. The van der Waals surface area contributed by atoms with Crippen LogP contribution in [0.15, 0.2) is 20.2 Å². The van der Waals surface area contributed by atoms with Gasteiger partial charge in [0.25, 0.3) is 5.56 Å². The van der Waals surface area contributed by atoms with Crippen molar-refractivity contribution in [3.8, 4) is 0 Å². The van der Waals surface area contributed by atoms with Crippen molar-refractivity contribution in [2.45, 2.75) is 45.1 Å². The van der Waals surface area contributed by atoms with Gasteiger partial charge in [0.15, 0.2) is 0 Å². The third kappa shape index (κ3) is 3.59. The summed E-state index contributed by atoms with van der Waals surface area (Å²) in [6.45, 7) is 3.75. The third-order valence-electron chi connectivity index (χ3n) is 4.65. The average molecular weight is 349 g/mol. The molecule has 25 heavy (non-hydrogen) atoms. The quantitative estimate of drug-likeness (QED) is 0.831. The number of nitrogens with zero attached hydrogens (tertiary/aromatic N) is 4. The number of nitrogens with one attached hydrogen (secondary N) is 1. The van der Waals surface area contributed by atoms with E-state index in [4.69, 9.17) is 4.52 Å². The molecule has 136 valence electrons. The third-order valence-corrected chi connectivity index (χ3v) is 4.65. The molecular weight excluding hydrogens is 326 g/mol. The number of carbonyl (C=O) groups is 1. The van der Waals surface area contributed by atoms with Crippen molar-refractivity contribution in [2.24, 2.45) is 7.05 Å². The van der Waals surface area contributed by atoms with Gasteiger partial charge in [0, 0.05) is 51.5 Å². The Morgan fingerprint density at radius 2 is 2.24 bits per heavy atom. The SMILES string of the molecule is CCn1c([C@@H]2CCCN(C(=O)CCc3cc(=O)[nH]o3)C2)nn(C)c1=O. The van der Waals surface area contributed by atoms with E-state index in [9.17, 15) is 14.4 Å². The Labute approximate surface area is 144 Å². The highest BCUT2D eigenvalue weighted by molar-refractivity contribution is 5.76. The second kappa shape index (κ2) is 7.12. The predicted octanol–water partition coefficient (Wildman–Crippen LogP) is 0.222. The molecule has 0 aliphatic carbocycles. The number of carbonyl (C=O) groups excluding carboxylic acids is 1. The van der Waals surface area contributed by atoms with E-state index in [2.05, 4.69) is 10.3 Å². The highest BCUT2D eigenvalue weighted by atomic mass is 16.5. The van der Waals surface area contributed by atoms with Crippen LogP contribution in [-0.4, -0.2) is 43.4 Å². The molecule has 0 spiro atoms. The zero-order chi connectivity index (χ0) is 18.0. The first-order valence-corrected chi connectivity index (χ1v) is 8.58. The number of amides is 1. The van der Waals surface area contributed by atoms with Crippen LogP contribution >= 0.6 is 0 Å². The van der Waals surface area contributed by atoms with Crippen molar-refractivity contribution in [1.82, 2.24) is 24.4 Å². The monoisotopic (exact) mass is 349 g/mol. The molecule has 9 heteroatoms. The van der Waals surface area contributed by atoms with E-state index in [1.165, 1.54) is 10.7 Å². The molecule has 1 saturated heterocycles. The summed E-state index contributed by atoms with van der Waals surface area (Å²) in [5.74, 6) is 1.33. The lowest BCUT2D eigenvalue weighted by Gasteiger charge is -2.32. The molecule has 0 aromatic carbocycles. The van der Waals surface area contributed by atoms with Crippen molar-refractivity contribution >= 4 is 5.91 Å². The van der Waals surface area contributed by atoms with Crippen LogP contribution in [0.4, 0.5) is 0 Å². The molecule has 0 radical (unpaired) electrons. The minimum atomic E-state index is -0.298. The standard InChI is InChI=1S/C16H23N5O4/c1-3-21-15(17-19(2)16(21)24)11-5-4-8-20(10-11)14(23)7-6-12-9-13(22)18-25-12/h9,11H,3-8,10H2,1-2H3,(H,18,22)/t11-/m1/s1. The van der Waals surface area contributed by atoms with Crippen LogP contribution in [0, 0.1) is 0 Å². The van der Waals surface area contributed by atoms with E-state index >= 15 is 0 Å². The van der Waals surface area contributed by atoms with E-state index in [0.717, 1.165) is 18.7 Å². The molecule has 1 fully saturated rings. The maximum Gasteiger partial charge on any atom is 0.345 e. The fraction of sp³-hybridized carbons (Fsp3) is 0.625. The highest BCUT2D eigenvalue weighted by Crippen LogP contribution is 2.25. The molecule has 3 rings (SSSR count). The largest absolute Gasteiger partial charge is 0.384 e. The Morgan fingerprint density at radius 1 is 1.44 bits per heavy atom. The Balaban J connectivity index is 1.66. The zero-order valence-corrected chi connectivity index (χ0v) is 14.5. The van der Waals surface area contributed by atoms with Crippen LogP contribution in [0.5, 0.6) is 0 Å². The van der Waals surface area contributed by atoms with Gasteiger partial charge in [-0.05, 0) is 19.8 Å². The molecule has 0 unspecified atom stereocenters. The Morgan fingerprint density at radius 3 is 2.92 bits per heavy atom. The molecule has 1 aliphatic heterocycles. The minimum Gasteiger partial charge on any atom is -0.384 e. The second-order valence-corrected chi connectivity index (χ2v) is 6.37. The molecule has 2 aromatic heterocycles. The smallest absolute Gasteiger partial charge is 0.345 e. The lowest BCUT2D eigenvalue weighted by atomic mass is 9.96. The summed E-state index contributed by atoms with van der Waals surface area (Å²) in [5, 5.41) is 6.59. The van der Waals surface area contributed by atoms with Gasteiger partial charge in [0.05, 0.1) is 0 Å². The lowest BCUT2D eigenvalue weighted by molar-refractivity contribution is -0.132. The van der Waals surface area contributed by atoms with Gasteiger partial charge in [-0.2, -0.15) is 10.3 Å². The normalized spacial score (nSPS) is 17.8. The van der Waals surface area contributed by atoms with Crippen LogP contribution in [-0.2, 0) is 24.8 Å². The van der Waals surface area contributed by atoms with Gasteiger partial charge < -0.3 is 9.42 Å². The van der Waals surface area contributed by atoms with Gasteiger partial charge in [-0.1, -0.05) is 0 Å². The number of aryl methyl sites for hydroxylation is 2. The van der Waals surface area contributed by atoms with Crippen LogP contribution in [0.3, 0.4) is 0 Å². The number of likely N-dealkylation sites (tertiary alicyclic amines) is 1. The summed E-state index contributed by atoms with van der Waals surface area (Å²) in [6.07, 6.45) is 2.47. The Hall–Kier alpha value is -2.58. The van der Waals surface area contributed by atoms with Crippen molar-refractivity contribution < 1.29 is 9.32 Å². The second-order valence-electron chi connectivity index (χ2n) is 6.37.